The molecule has 10 heavy (non-hydrogen) atoms. The standard InChI is InChI=1S/C9H18Se/c1-3-5-6-7-9-10-8-4-2/h4H,2-3,5-9H2,1H3. The molecule has 0 aromatic heterocycles. The van der Waals surface area contributed by atoms with Gasteiger partial charge in [-0.15, -0.1) is 0 Å². The Morgan fingerprint density at radius 2 is 2.10 bits per heavy atom. The van der Waals surface area contributed by atoms with Crippen LogP contribution in [0, 0.1) is 0 Å². The summed E-state index contributed by atoms with van der Waals surface area (Å²) in [6.45, 7) is 5.97. The van der Waals surface area contributed by atoms with Gasteiger partial charge in [-0.2, -0.15) is 0 Å². The molecule has 0 aromatic carbocycles. The van der Waals surface area contributed by atoms with E-state index < -0.39 is 0 Å². The number of unbranched alkanes of at least 4 members (excludes halogenated alkanes) is 3. The third-order valence-electron chi connectivity index (χ3n) is 1.38. The Labute approximate surface area is 71.2 Å². The Hall–Kier alpha value is 0.259. The van der Waals surface area contributed by atoms with Gasteiger partial charge in [0, 0.05) is 0 Å². The fourth-order valence-electron chi connectivity index (χ4n) is 0.798. The molecule has 0 aliphatic heterocycles. The molecule has 0 saturated heterocycles. The molecule has 0 rings (SSSR count). The number of hydrogen-bond acceptors (Lipinski definition) is 0. The van der Waals surface area contributed by atoms with Gasteiger partial charge < -0.3 is 0 Å². The topological polar surface area (TPSA) is 0 Å². The first kappa shape index (κ1) is 10.3. The molecule has 0 bridgehead atoms. The van der Waals surface area contributed by atoms with E-state index in [9.17, 15) is 0 Å². The average Bonchev–Trinajstić information content (AvgIpc) is 1.97. The van der Waals surface area contributed by atoms with Crippen molar-refractivity contribution < 1.29 is 0 Å². The van der Waals surface area contributed by atoms with E-state index in [1.807, 2.05) is 6.08 Å². The third kappa shape index (κ3) is 8.26. The van der Waals surface area contributed by atoms with Gasteiger partial charge in [0.2, 0.25) is 0 Å². The molecule has 0 radical (unpaired) electrons. The van der Waals surface area contributed by atoms with Gasteiger partial charge in [0.25, 0.3) is 0 Å². The second kappa shape index (κ2) is 9.26. The molecule has 0 aromatic rings. The van der Waals surface area contributed by atoms with Crippen LogP contribution in [0.1, 0.15) is 32.6 Å². The van der Waals surface area contributed by atoms with Gasteiger partial charge in [-0.3, -0.25) is 0 Å². The zero-order valence-electron chi connectivity index (χ0n) is 6.94. The van der Waals surface area contributed by atoms with Crippen LogP contribution < -0.4 is 0 Å². The Kier molecular flexibility index (Phi) is 9.50. The summed E-state index contributed by atoms with van der Waals surface area (Å²) >= 11 is 0.857. The quantitative estimate of drug-likeness (QED) is 0.340. The van der Waals surface area contributed by atoms with Gasteiger partial charge in [-0.05, 0) is 0 Å². The molecule has 0 unspecified atom stereocenters. The molecule has 60 valence electrons. The number of allylic oxidation sites excluding steroid dienone is 1. The summed E-state index contributed by atoms with van der Waals surface area (Å²) in [4.78, 5) is 0. The van der Waals surface area contributed by atoms with Crippen LogP contribution in [0.3, 0.4) is 0 Å². The van der Waals surface area contributed by atoms with Crippen LogP contribution in [-0.4, -0.2) is 15.0 Å². The first-order valence-electron chi connectivity index (χ1n) is 4.10. The van der Waals surface area contributed by atoms with Crippen LogP contribution in [0.2, 0.25) is 10.6 Å². The molecule has 0 aliphatic rings. The minimum atomic E-state index is 0.857. The molecule has 0 nitrogen and oxygen atoms in total. The fraction of sp³-hybridized carbons (Fsp3) is 0.778. The summed E-state index contributed by atoms with van der Waals surface area (Å²) in [5.41, 5.74) is 0. The van der Waals surface area contributed by atoms with Crippen molar-refractivity contribution in [3.8, 4) is 0 Å². The van der Waals surface area contributed by atoms with Gasteiger partial charge in [-0.25, -0.2) is 0 Å². The molecule has 0 atom stereocenters. The van der Waals surface area contributed by atoms with Crippen LogP contribution in [-0.2, 0) is 0 Å². The van der Waals surface area contributed by atoms with Crippen molar-refractivity contribution in [1.82, 2.24) is 0 Å². The Bertz CT molecular complexity index is 69.1. The van der Waals surface area contributed by atoms with E-state index in [1.54, 1.807) is 0 Å². The van der Waals surface area contributed by atoms with E-state index in [-0.39, 0.29) is 0 Å². The number of rotatable bonds is 7. The van der Waals surface area contributed by atoms with Gasteiger partial charge in [0.05, 0.1) is 0 Å². The van der Waals surface area contributed by atoms with Crippen LogP contribution >= 0.6 is 0 Å². The monoisotopic (exact) mass is 206 g/mol. The number of hydrogen-bond donors (Lipinski definition) is 0. The van der Waals surface area contributed by atoms with E-state index in [2.05, 4.69) is 13.5 Å². The van der Waals surface area contributed by atoms with Crippen molar-refractivity contribution in [3.63, 3.8) is 0 Å². The molecular formula is C9H18Se. The van der Waals surface area contributed by atoms with E-state index in [0.717, 1.165) is 15.0 Å². The van der Waals surface area contributed by atoms with Gasteiger partial charge in [-0.1, -0.05) is 0 Å². The molecule has 0 heterocycles. The van der Waals surface area contributed by atoms with Crippen molar-refractivity contribution >= 4 is 15.0 Å². The van der Waals surface area contributed by atoms with Gasteiger partial charge in [0.15, 0.2) is 0 Å². The molecule has 0 amide bonds. The average molecular weight is 205 g/mol. The van der Waals surface area contributed by atoms with E-state index in [4.69, 9.17) is 0 Å². The minimum absolute atomic E-state index is 0.857. The summed E-state index contributed by atoms with van der Waals surface area (Å²) in [6, 6.07) is 0. The van der Waals surface area contributed by atoms with Crippen LogP contribution in [0.25, 0.3) is 0 Å². The molecule has 0 saturated carbocycles. The molecule has 1 heteroatoms. The maximum absolute atomic E-state index is 3.71. The van der Waals surface area contributed by atoms with Crippen molar-refractivity contribution in [3.05, 3.63) is 12.7 Å². The maximum atomic E-state index is 3.71. The normalized spacial score (nSPS) is 9.70. The Balaban J connectivity index is 2.70. The van der Waals surface area contributed by atoms with Crippen molar-refractivity contribution in [2.45, 2.75) is 43.2 Å². The first-order valence-corrected chi connectivity index (χ1v) is 6.52. The van der Waals surface area contributed by atoms with Crippen molar-refractivity contribution in [2.75, 3.05) is 0 Å². The van der Waals surface area contributed by atoms with Crippen LogP contribution in [0.4, 0.5) is 0 Å². The molecule has 0 N–H and O–H groups in total. The van der Waals surface area contributed by atoms with E-state index in [0.29, 0.717) is 0 Å². The van der Waals surface area contributed by atoms with Crippen LogP contribution in [0.15, 0.2) is 12.7 Å². The first-order chi connectivity index (χ1) is 4.91. The third-order valence-corrected chi connectivity index (χ3v) is 3.58. The van der Waals surface area contributed by atoms with E-state index in [1.165, 1.54) is 36.3 Å². The zero-order valence-corrected chi connectivity index (χ0v) is 8.65. The van der Waals surface area contributed by atoms with Crippen molar-refractivity contribution in [2.24, 2.45) is 0 Å². The second-order valence-electron chi connectivity index (χ2n) is 2.42. The van der Waals surface area contributed by atoms with E-state index >= 15 is 0 Å². The summed E-state index contributed by atoms with van der Waals surface area (Å²) in [5.74, 6) is 0. The zero-order chi connectivity index (χ0) is 7.66. The van der Waals surface area contributed by atoms with Crippen LogP contribution in [0.5, 0.6) is 0 Å². The summed E-state index contributed by atoms with van der Waals surface area (Å²) in [5, 5.41) is 2.72. The predicted molar refractivity (Wildman–Crippen MR) is 49.7 cm³/mol. The summed E-state index contributed by atoms with van der Waals surface area (Å²) in [7, 11) is 0. The van der Waals surface area contributed by atoms with Crippen molar-refractivity contribution in [1.29, 1.82) is 0 Å². The summed E-state index contributed by atoms with van der Waals surface area (Å²) in [6.07, 6.45) is 7.70. The van der Waals surface area contributed by atoms with Gasteiger partial charge in [0.1, 0.15) is 0 Å². The molecule has 0 fully saturated rings. The Morgan fingerprint density at radius 1 is 1.30 bits per heavy atom. The molecule has 0 spiro atoms. The fourth-order valence-corrected chi connectivity index (χ4v) is 2.35. The molecule has 0 aliphatic carbocycles. The molecular weight excluding hydrogens is 187 g/mol. The predicted octanol–water partition coefficient (Wildman–Crippen LogP) is 3.29. The summed E-state index contributed by atoms with van der Waals surface area (Å²) < 4.78 is 0. The SMILES string of the molecule is C=CC[Se]CCCCCC. The second-order valence-corrected chi connectivity index (χ2v) is 4.84. The Morgan fingerprint density at radius 3 is 2.70 bits per heavy atom. The van der Waals surface area contributed by atoms with Gasteiger partial charge >= 0.3 is 70.9 Å².